The van der Waals surface area contributed by atoms with Gasteiger partial charge in [-0.25, -0.2) is 4.98 Å². The number of hydrogen-bond acceptors (Lipinski definition) is 3. The molecule has 104 valence electrons. The summed E-state index contributed by atoms with van der Waals surface area (Å²) < 4.78 is 0. The Labute approximate surface area is 116 Å². The van der Waals surface area contributed by atoms with Gasteiger partial charge >= 0.3 is 0 Å². The van der Waals surface area contributed by atoms with Gasteiger partial charge in [0, 0.05) is 18.8 Å². The predicted molar refractivity (Wildman–Crippen MR) is 79.7 cm³/mol. The van der Waals surface area contributed by atoms with Gasteiger partial charge in [0.15, 0.2) is 0 Å². The van der Waals surface area contributed by atoms with Crippen LogP contribution < -0.4 is 10.2 Å². The van der Waals surface area contributed by atoms with Crippen LogP contribution in [0.2, 0.25) is 0 Å². The summed E-state index contributed by atoms with van der Waals surface area (Å²) in [6, 6.07) is 4.53. The van der Waals surface area contributed by atoms with Crippen LogP contribution in [0.15, 0.2) is 12.1 Å². The zero-order valence-electron chi connectivity index (χ0n) is 12.0. The van der Waals surface area contributed by atoms with Gasteiger partial charge in [0.1, 0.15) is 5.82 Å². The van der Waals surface area contributed by atoms with Crippen LogP contribution in [0.4, 0.5) is 5.82 Å². The Bertz CT molecular complexity index is 424. The average molecular weight is 259 g/mol. The summed E-state index contributed by atoms with van der Waals surface area (Å²) in [5.41, 5.74) is 2.82. The molecule has 1 aromatic heterocycles. The standard InChI is InChI=1S/C16H25N3/c1-2-19(12-13-8-10-17-11-9-13)16-7-6-14-4-3-5-15(14)18-16/h6-7,13,17H,2-5,8-12H2,1H3. The number of anilines is 1. The molecular weight excluding hydrogens is 234 g/mol. The van der Waals surface area contributed by atoms with Crippen molar-refractivity contribution >= 4 is 5.82 Å². The monoisotopic (exact) mass is 259 g/mol. The van der Waals surface area contributed by atoms with E-state index in [4.69, 9.17) is 4.98 Å². The number of rotatable bonds is 4. The van der Waals surface area contributed by atoms with Gasteiger partial charge in [-0.1, -0.05) is 6.07 Å². The minimum absolute atomic E-state index is 0.830. The number of hydrogen-bond donors (Lipinski definition) is 1. The van der Waals surface area contributed by atoms with Gasteiger partial charge in [-0.05, 0) is 69.7 Å². The largest absolute Gasteiger partial charge is 0.357 e. The Balaban J connectivity index is 1.70. The molecule has 0 spiro atoms. The minimum Gasteiger partial charge on any atom is -0.357 e. The van der Waals surface area contributed by atoms with E-state index in [1.807, 2.05) is 0 Å². The Morgan fingerprint density at radius 1 is 1.26 bits per heavy atom. The molecule has 2 heterocycles. The molecule has 0 bridgehead atoms. The molecule has 1 fully saturated rings. The minimum atomic E-state index is 0.830. The highest BCUT2D eigenvalue weighted by molar-refractivity contribution is 5.43. The first-order valence-electron chi connectivity index (χ1n) is 7.81. The van der Waals surface area contributed by atoms with Crippen molar-refractivity contribution in [3.63, 3.8) is 0 Å². The van der Waals surface area contributed by atoms with Gasteiger partial charge in [0.2, 0.25) is 0 Å². The molecule has 3 heteroatoms. The van der Waals surface area contributed by atoms with Crippen molar-refractivity contribution in [2.24, 2.45) is 5.92 Å². The summed E-state index contributed by atoms with van der Waals surface area (Å²) in [5, 5.41) is 3.45. The third kappa shape index (κ3) is 2.92. The second-order valence-corrected chi connectivity index (χ2v) is 5.86. The number of nitrogens with zero attached hydrogens (tertiary/aromatic N) is 2. The van der Waals surface area contributed by atoms with Crippen LogP contribution in [-0.4, -0.2) is 31.2 Å². The summed E-state index contributed by atoms with van der Waals surface area (Å²) in [6.45, 7) is 6.84. The maximum Gasteiger partial charge on any atom is 0.128 e. The number of aryl methyl sites for hydroxylation is 2. The topological polar surface area (TPSA) is 28.2 Å². The first-order valence-corrected chi connectivity index (χ1v) is 7.81. The molecule has 0 atom stereocenters. The molecule has 3 rings (SSSR count). The Morgan fingerprint density at radius 2 is 2.11 bits per heavy atom. The average Bonchev–Trinajstić information content (AvgIpc) is 2.93. The third-order valence-electron chi connectivity index (χ3n) is 4.56. The highest BCUT2D eigenvalue weighted by atomic mass is 15.2. The fraction of sp³-hybridized carbons (Fsp3) is 0.688. The van der Waals surface area contributed by atoms with E-state index in [-0.39, 0.29) is 0 Å². The molecule has 0 amide bonds. The van der Waals surface area contributed by atoms with Crippen molar-refractivity contribution < 1.29 is 0 Å². The van der Waals surface area contributed by atoms with Crippen molar-refractivity contribution in [1.29, 1.82) is 0 Å². The predicted octanol–water partition coefficient (Wildman–Crippen LogP) is 2.40. The van der Waals surface area contributed by atoms with Crippen molar-refractivity contribution in [2.45, 2.75) is 39.0 Å². The lowest BCUT2D eigenvalue weighted by atomic mass is 9.97. The lowest BCUT2D eigenvalue weighted by molar-refractivity contribution is 0.374. The second-order valence-electron chi connectivity index (χ2n) is 5.86. The fourth-order valence-electron chi connectivity index (χ4n) is 3.35. The molecule has 2 aliphatic rings. The lowest BCUT2D eigenvalue weighted by Crippen LogP contribution is -2.36. The molecule has 0 unspecified atom stereocenters. The summed E-state index contributed by atoms with van der Waals surface area (Å²) >= 11 is 0. The summed E-state index contributed by atoms with van der Waals surface area (Å²) in [7, 11) is 0. The molecule has 1 aromatic rings. The molecule has 0 aromatic carbocycles. The fourth-order valence-corrected chi connectivity index (χ4v) is 3.35. The van der Waals surface area contributed by atoms with Gasteiger partial charge in [0.05, 0.1) is 0 Å². The number of fused-ring (bicyclic) bond motifs is 1. The maximum atomic E-state index is 4.90. The van der Waals surface area contributed by atoms with Crippen LogP contribution >= 0.6 is 0 Å². The van der Waals surface area contributed by atoms with E-state index >= 15 is 0 Å². The lowest BCUT2D eigenvalue weighted by Gasteiger charge is -2.30. The summed E-state index contributed by atoms with van der Waals surface area (Å²) in [6.07, 6.45) is 6.30. The number of nitrogens with one attached hydrogen (secondary N) is 1. The Hall–Kier alpha value is -1.09. The van der Waals surface area contributed by atoms with Crippen molar-refractivity contribution in [3.8, 4) is 0 Å². The second kappa shape index (κ2) is 5.91. The molecule has 1 saturated heterocycles. The Morgan fingerprint density at radius 3 is 2.89 bits per heavy atom. The SMILES string of the molecule is CCN(CC1CCNCC1)c1ccc2c(n1)CCC2. The van der Waals surface area contributed by atoms with Crippen LogP contribution in [0.3, 0.4) is 0 Å². The smallest absolute Gasteiger partial charge is 0.128 e. The molecular formula is C16H25N3. The van der Waals surface area contributed by atoms with E-state index in [1.165, 1.54) is 68.8 Å². The first-order chi connectivity index (χ1) is 9.36. The van der Waals surface area contributed by atoms with Gasteiger partial charge < -0.3 is 10.2 Å². The first kappa shape index (κ1) is 12.9. The highest BCUT2D eigenvalue weighted by Crippen LogP contribution is 2.24. The number of aromatic nitrogens is 1. The molecule has 1 aliphatic carbocycles. The summed E-state index contributed by atoms with van der Waals surface area (Å²) in [4.78, 5) is 7.37. The van der Waals surface area contributed by atoms with E-state index in [9.17, 15) is 0 Å². The van der Waals surface area contributed by atoms with Gasteiger partial charge in [-0.3, -0.25) is 0 Å². The van der Waals surface area contributed by atoms with E-state index in [1.54, 1.807) is 0 Å². The van der Waals surface area contributed by atoms with Crippen LogP contribution in [0.1, 0.15) is 37.4 Å². The third-order valence-corrected chi connectivity index (χ3v) is 4.56. The van der Waals surface area contributed by atoms with E-state index in [0.717, 1.165) is 12.5 Å². The molecule has 3 nitrogen and oxygen atoms in total. The van der Waals surface area contributed by atoms with Gasteiger partial charge in [-0.2, -0.15) is 0 Å². The van der Waals surface area contributed by atoms with Crippen LogP contribution in [0, 0.1) is 5.92 Å². The maximum absolute atomic E-state index is 4.90. The van der Waals surface area contributed by atoms with E-state index in [2.05, 4.69) is 29.3 Å². The molecule has 0 saturated carbocycles. The summed E-state index contributed by atoms with van der Waals surface area (Å²) in [5.74, 6) is 2.03. The van der Waals surface area contributed by atoms with Crippen molar-refractivity contribution in [1.82, 2.24) is 10.3 Å². The quantitative estimate of drug-likeness (QED) is 0.900. The normalized spacial score (nSPS) is 19.4. The van der Waals surface area contributed by atoms with E-state index in [0.29, 0.717) is 0 Å². The zero-order chi connectivity index (χ0) is 13.1. The van der Waals surface area contributed by atoms with Crippen LogP contribution in [0.25, 0.3) is 0 Å². The van der Waals surface area contributed by atoms with Gasteiger partial charge in [-0.15, -0.1) is 0 Å². The van der Waals surface area contributed by atoms with Crippen LogP contribution in [-0.2, 0) is 12.8 Å². The number of piperidine rings is 1. The van der Waals surface area contributed by atoms with Gasteiger partial charge in [0.25, 0.3) is 0 Å². The number of pyridine rings is 1. The van der Waals surface area contributed by atoms with Crippen LogP contribution in [0.5, 0.6) is 0 Å². The molecule has 1 aliphatic heterocycles. The molecule has 0 radical (unpaired) electrons. The van der Waals surface area contributed by atoms with Crippen molar-refractivity contribution in [3.05, 3.63) is 23.4 Å². The molecule has 19 heavy (non-hydrogen) atoms. The van der Waals surface area contributed by atoms with Crippen molar-refractivity contribution in [2.75, 3.05) is 31.1 Å². The molecule has 1 N–H and O–H groups in total. The zero-order valence-corrected chi connectivity index (χ0v) is 12.0. The Kier molecular flexibility index (Phi) is 4.02. The highest BCUT2D eigenvalue weighted by Gasteiger charge is 2.19. The van der Waals surface area contributed by atoms with E-state index < -0.39 is 0 Å².